The molecule has 1 aromatic heterocycles. The molecule has 2 heterocycles. The monoisotopic (exact) mass is 406 g/mol. The Hall–Kier alpha value is -2.76. The summed E-state index contributed by atoms with van der Waals surface area (Å²) < 4.78 is 0. The van der Waals surface area contributed by atoms with Crippen molar-refractivity contribution >= 4 is 11.8 Å². The summed E-state index contributed by atoms with van der Waals surface area (Å²) in [6.45, 7) is 5.88. The van der Waals surface area contributed by atoms with Gasteiger partial charge in [-0.05, 0) is 56.1 Å². The Morgan fingerprint density at radius 3 is 2.23 bits per heavy atom. The SMILES string of the molecule is CC(=O)N1CCC(Cc2ccc(CN(C(=O)c3cnc(C)cn3)C3CC3)cc2)CC1. The zero-order chi connectivity index (χ0) is 21.1. The quantitative estimate of drug-likeness (QED) is 0.738. The largest absolute Gasteiger partial charge is 0.343 e. The molecule has 4 rings (SSSR count). The molecule has 1 aromatic carbocycles. The van der Waals surface area contributed by atoms with E-state index < -0.39 is 0 Å². The molecule has 2 amide bonds. The number of hydrogen-bond donors (Lipinski definition) is 0. The van der Waals surface area contributed by atoms with Crippen molar-refractivity contribution in [2.45, 2.75) is 58.5 Å². The van der Waals surface area contributed by atoms with Crippen LogP contribution in [-0.2, 0) is 17.8 Å². The highest BCUT2D eigenvalue weighted by molar-refractivity contribution is 5.92. The molecule has 158 valence electrons. The maximum Gasteiger partial charge on any atom is 0.274 e. The van der Waals surface area contributed by atoms with Gasteiger partial charge in [0.05, 0.1) is 11.9 Å². The van der Waals surface area contributed by atoms with Gasteiger partial charge in [-0.25, -0.2) is 4.98 Å². The van der Waals surface area contributed by atoms with E-state index in [-0.39, 0.29) is 11.8 Å². The fraction of sp³-hybridized carbons (Fsp3) is 0.500. The second-order valence-electron chi connectivity index (χ2n) is 8.68. The summed E-state index contributed by atoms with van der Waals surface area (Å²) in [6.07, 6.45) is 8.54. The molecule has 2 fully saturated rings. The first-order valence-corrected chi connectivity index (χ1v) is 10.9. The molecular weight excluding hydrogens is 376 g/mol. The third-order valence-corrected chi connectivity index (χ3v) is 6.21. The summed E-state index contributed by atoms with van der Waals surface area (Å²) in [5, 5.41) is 0. The summed E-state index contributed by atoms with van der Waals surface area (Å²) in [5.41, 5.74) is 3.70. The standard InChI is InChI=1S/C24H30N4O2/c1-17-14-26-23(15-25-17)24(30)28(22-7-8-22)16-21-5-3-19(4-6-21)13-20-9-11-27(12-10-20)18(2)29/h3-6,14-15,20,22H,7-13,16H2,1-2H3. The summed E-state index contributed by atoms with van der Waals surface area (Å²) in [5.74, 6) is 0.784. The van der Waals surface area contributed by atoms with Gasteiger partial charge in [-0.3, -0.25) is 14.6 Å². The Balaban J connectivity index is 1.35. The first kappa shape index (κ1) is 20.5. The van der Waals surface area contributed by atoms with Crippen molar-refractivity contribution in [2.24, 2.45) is 5.92 Å². The van der Waals surface area contributed by atoms with Gasteiger partial charge in [0.2, 0.25) is 5.91 Å². The lowest BCUT2D eigenvalue weighted by molar-refractivity contribution is -0.130. The Bertz CT molecular complexity index is 882. The average molecular weight is 407 g/mol. The molecule has 0 N–H and O–H groups in total. The molecule has 6 nitrogen and oxygen atoms in total. The molecule has 0 unspecified atom stereocenters. The summed E-state index contributed by atoms with van der Waals surface area (Å²) in [7, 11) is 0. The molecule has 1 saturated carbocycles. The van der Waals surface area contributed by atoms with Crippen LogP contribution in [-0.4, -0.2) is 50.7 Å². The zero-order valence-corrected chi connectivity index (χ0v) is 17.9. The number of nitrogens with zero attached hydrogens (tertiary/aromatic N) is 4. The van der Waals surface area contributed by atoms with Crippen LogP contribution in [0.4, 0.5) is 0 Å². The van der Waals surface area contributed by atoms with Gasteiger partial charge >= 0.3 is 0 Å². The van der Waals surface area contributed by atoms with Crippen molar-refractivity contribution in [3.8, 4) is 0 Å². The number of aromatic nitrogens is 2. The van der Waals surface area contributed by atoms with Crippen molar-refractivity contribution < 1.29 is 9.59 Å². The molecule has 2 aliphatic rings. The molecule has 1 aliphatic carbocycles. The molecule has 0 spiro atoms. The Labute approximate surface area is 178 Å². The van der Waals surface area contributed by atoms with Crippen LogP contribution in [0.25, 0.3) is 0 Å². The average Bonchev–Trinajstić information content (AvgIpc) is 3.59. The molecule has 0 radical (unpaired) electrons. The summed E-state index contributed by atoms with van der Waals surface area (Å²) >= 11 is 0. The number of aryl methyl sites for hydroxylation is 1. The fourth-order valence-electron chi connectivity index (χ4n) is 4.17. The molecular formula is C24H30N4O2. The predicted molar refractivity (Wildman–Crippen MR) is 115 cm³/mol. The van der Waals surface area contributed by atoms with Gasteiger partial charge in [-0.1, -0.05) is 24.3 Å². The Kier molecular flexibility index (Phi) is 6.11. The van der Waals surface area contributed by atoms with Crippen LogP contribution in [0.3, 0.4) is 0 Å². The smallest absolute Gasteiger partial charge is 0.274 e. The number of carbonyl (C=O) groups excluding carboxylic acids is 2. The van der Waals surface area contributed by atoms with Gasteiger partial charge in [-0.15, -0.1) is 0 Å². The maximum atomic E-state index is 12.9. The molecule has 0 bridgehead atoms. The lowest BCUT2D eigenvalue weighted by atomic mass is 9.90. The number of benzene rings is 1. The summed E-state index contributed by atoms with van der Waals surface area (Å²) in [4.78, 5) is 36.8. The van der Waals surface area contributed by atoms with Crippen LogP contribution in [0.15, 0.2) is 36.7 Å². The van der Waals surface area contributed by atoms with Gasteiger partial charge < -0.3 is 9.80 Å². The van der Waals surface area contributed by atoms with Crippen LogP contribution in [0.2, 0.25) is 0 Å². The van der Waals surface area contributed by atoms with Crippen molar-refractivity contribution in [1.82, 2.24) is 19.8 Å². The Morgan fingerprint density at radius 1 is 1.00 bits per heavy atom. The molecule has 0 atom stereocenters. The van der Waals surface area contributed by atoms with Gasteiger partial charge in [0.15, 0.2) is 0 Å². The summed E-state index contributed by atoms with van der Waals surface area (Å²) in [6, 6.07) is 8.97. The van der Waals surface area contributed by atoms with Crippen molar-refractivity contribution in [3.63, 3.8) is 0 Å². The highest BCUT2D eigenvalue weighted by Crippen LogP contribution is 2.30. The Morgan fingerprint density at radius 2 is 1.67 bits per heavy atom. The number of hydrogen-bond acceptors (Lipinski definition) is 4. The molecule has 1 aliphatic heterocycles. The van der Waals surface area contributed by atoms with E-state index in [2.05, 4.69) is 34.2 Å². The van der Waals surface area contributed by atoms with Crippen molar-refractivity contribution in [2.75, 3.05) is 13.1 Å². The predicted octanol–water partition coefficient (Wildman–Crippen LogP) is 3.39. The fourth-order valence-corrected chi connectivity index (χ4v) is 4.17. The van der Waals surface area contributed by atoms with Crippen LogP contribution >= 0.6 is 0 Å². The van der Waals surface area contributed by atoms with E-state index in [4.69, 9.17) is 0 Å². The van der Waals surface area contributed by atoms with E-state index in [9.17, 15) is 9.59 Å². The normalized spacial score (nSPS) is 17.1. The first-order valence-electron chi connectivity index (χ1n) is 10.9. The second-order valence-corrected chi connectivity index (χ2v) is 8.68. The topological polar surface area (TPSA) is 66.4 Å². The van der Waals surface area contributed by atoms with Crippen molar-refractivity contribution in [3.05, 3.63) is 59.2 Å². The molecule has 1 saturated heterocycles. The number of piperidine rings is 1. The van der Waals surface area contributed by atoms with E-state index in [1.165, 1.54) is 5.56 Å². The van der Waals surface area contributed by atoms with Crippen LogP contribution < -0.4 is 0 Å². The second kappa shape index (κ2) is 8.94. The number of carbonyl (C=O) groups is 2. The minimum absolute atomic E-state index is 0.0358. The molecule has 6 heteroatoms. The van der Waals surface area contributed by atoms with E-state index in [0.29, 0.717) is 24.2 Å². The van der Waals surface area contributed by atoms with E-state index in [1.54, 1.807) is 19.3 Å². The van der Waals surface area contributed by atoms with Gasteiger partial charge in [0, 0.05) is 38.8 Å². The highest BCUT2D eigenvalue weighted by Gasteiger charge is 2.33. The van der Waals surface area contributed by atoms with Crippen LogP contribution in [0.1, 0.15) is 59.9 Å². The zero-order valence-electron chi connectivity index (χ0n) is 17.9. The minimum Gasteiger partial charge on any atom is -0.343 e. The lowest BCUT2D eigenvalue weighted by Gasteiger charge is -2.31. The number of likely N-dealkylation sites (tertiary alicyclic amines) is 1. The number of rotatable bonds is 6. The van der Waals surface area contributed by atoms with E-state index in [0.717, 1.165) is 56.5 Å². The number of amides is 2. The van der Waals surface area contributed by atoms with Gasteiger partial charge in [-0.2, -0.15) is 0 Å². The van der Waals surface area contributed by atoms with Crippen LogP contribution in [0.5, 0.6) is 0 Å². The van der Waals surface area contributed by atoms with Gasteiger partial charge in [0.1, 0.15) is 5.69 Å². The molecule has 30 heavy (non-hydrogen) atoms. The third-order valence-electron chi connectivity index (χ3n) is 6.21. The van der Waals surface area contributed by atoms with E-state index in [1.807, 2.05) is 16.7 Å². The highest BCUT2D eigenvalue weighted by atomic mass is 16.2. The molecule has 2 aromatic rings. The first-order chi connectivity index (χ1) is 14.5. The van der Waals surface area contributed by atoms with Gasteiger partial charge in [0.25, 0.3) is 5.91 Å². The third kappa shape index (κ3) is 5.04. The minimum atomic E-state index is -0.0358. The van der Waals surface area contributed by atoms with Crippen molar-refractivity contribution in [1.29, 1.82) is 0 Å². The van der Waals surface area contributed by atoms with Crippen LogP contribution in [0, 0.1) is 12.8 Å². The lowest BCUT2D eigenvalue weighted by Crippen LogP contribution is -2.37. The maximum absolute atomic E-state index is 12.9. The van der Waals surface area contributed by atoms with E-state index >= 15 is 0 Å².